The lowest BCUT2D eigenvalue weighted by Crippen LogP contribution is -2.17. The quantitative estimate of drug-likeness (QED) is 0.567. The van der Waals surface area contributed by atoms with E-state index in [9.17, 15) is 26.4 Å². The topological polar surface area (TPSA) is 119 Å². The van der Waals surface area contributed by atoms with Gasteiger partial charge in [0.05, 0.1) is 4.90 Å². The van der Waals surface area contributed by atoms with Crippen LogP contribution in [0.1, 0.15) is 27.6 Å². The third kappa shape index (κ3) is 4.99. The summed E-state index contributed by atoms with van der Waals surface area (Å²) < 4.78 is 66.9. The van der Waals surface area contributed by atoms with Gasteiger partial charge in [0.25, 0.3) is 15.9 Å². The third-order valence-electron chi connectivity index (χ3n) is 4.10. The standard InChI is InChI=1S/C18H16ClF3N6O3S/c1-9-8-10(2)24-17(23-9)27-32(30,31)12-6-4-11(5-7-12)25-16(29)14-13(19)15(18(20,21)22)26-28(14)3/h4-8H,1-3H3,(H,25,29)(H,23,24,27). The zero-order valence-corrected chi connectivity index (χ0v) is 18.4. The zero-order chi connectivity index (χ0) is 23.8. The molecule has 0 fully saturated rings. The molecule has 0 aliphatic carbocycles. The summed E-state index contributed by atoms with van der Waals surface area (Å²) in [6.07, 6.45) is -4.82. The second-order valence-corrected chi connectivity index (χ2v) is 8.75. The maximum absolute atomic E-state index is 12.9. The van der Waals surface area contributed by atoms with Crippen molar-refractivity contribution in [3.05, 3.63) is 58.1 Å². The Bertz CT molecular complexity index is 1270. The second kappa shape index (κ2) is 8.39. The molecule has 0 radical (unpaired) electrons. The van der Waals surface area contributed by atoms with E-state index in [1.54, 1.807) is 19.9 Å². The Kier molecular flexibility index (Phi) is 6.15. The predicted octanol–water partition coefficient (Wildman–Crippen LogP) is 3.55. The number of amides is 1. The van der Waals surface area contributed by atoms with Crippen LogP contribution in [0.4, 0.5) is 24.8 Å². The van der Waals surface area contributed by atoms with Crippen LogP contribution in [-0.2, 0) is 23.2 Å². The third-order valence-corrected chi connectivity index (χ3v) is 5.81. The number of nitrogens with one attached hydrogen (secondary N) is 2. The van der Waals surface area contributed by atoms with Gasteiger partial charge in [0.15, 0.2) is 5.69 Å². The summed E-state index contributed by atoms with van der Waals surface area (Å²) in [5.41, 5.74) is -0.591. The smallest absolute Gasteiger partial charge is 0.321 e. The molecule has 0 bridgehead atoms. The van der Waals surface area contributed by atoms with E-state index in [4.69, 9.17) is 11.6 Å². The molecule has 3 rings (SSSR count). The maximum atomic E-state index is 12.9. The molecule has 0 saturated heterocycles. The highest BCUT2D eigenvalue weighted by Gasteiger charge is 2.39. The largest absolute Gasteiger partial charge is 0.436 e. The summed E-state index contributed by atoms with van der Waals surface area (Å²) in [4.78, 5) is 20.3. The first-order valence-corrected chi connectivity index (χ1v) is 10.7. The average molecular weight is 489 g/mol. The number of alkyl halides is 3. The summed E-state index contributed by atoms with van der Waals surface area (Å²) in [6.45, 7) is 3.38. The molecular formula is C18H16ClF3N6O3S. The molecule has 0 unspecified atom stereocenters. The van der Waals surface area contributed by atoms with E-state index in [0.29, 0.717) is 16.1 Å². The molecule has 3 aromatic rings. The van der Waals surface area contributed by atoms with Crippen molar-refractivity contribution in [2.45, 2.75) is 24.9 Å². The highest BCUT2D eigenvalue weighted by Crippen LogP contribution is 2.35. The lowest BCUT2D eigenvalue weighted by atomic mass is 10.3. The Balaban J connectivity index is 1.79. The fraction of sp³-hybridized carbons (Fsp3) is 0.222. The number of aryl methyl sites for hydroxylation is 3. The van der Waals surface area contributed by atoms with E-state index >= 15 is 0 Å². The highest BCUT2D eigenvalue weighted by atomic mass is 35.5. The van der Waals surface area contributed by atoms with Crippen molar-refractivity contribution in [1.82, 2.24) is 19.7 Å². The molecular weight excluding hydrogens is 473 g/mol. The highest BCUT2D eigenvalue weighted by molar-refractivity contribution is 7.92. The maximum Gasteiger partial charge on any atom is 0.436 e. The number of hydrogen-bond acceptors (Lipinski definition) is 6. The first kappa shape index (κ1) is 23.5. The molecule has 2 heterocycles. The molecule has 9 nitrogen and oxygen atoms in total. The van der Waals surface area contributed by atoms with Gasteiger partial charge < -0.3 is 5.32 Å². The number of rotatable bonds is 5. The summed E-state index contributed by atoms with van der Waals surface area (Å²) in [7, 11) is -2.87. The normalized spacial score (nSPS) is 12.0. The van der Waals surface area contributed by atoms with Crippen molar-refractivity contribution in [2.75, 3.05) is 10.0 Å². The van der Waals surface area contributed by atoms with Gasteiger partial charge in [0, 0.05) is 24.1 Å². The van der Waals surface area contributed by atoms with Gasteiger partial charge in [0.2, 0.25) is 5.95 Å². The number of anilines is 2. The van der Waals surface area contributed by atoms with Crippen LogP contribution in [0.5, 0.6) is 0 Å². The number of carbonyl (C=O) groups is 1. The number of hydrogen-bond donors (Lipinski definition) is 2. The van der Waals surface area contributed by atoms with Crippen LogP contribution in [0.2, 0.25) is 5.02 Å². The number of sulfonamides is 1. The molecule has 0 saturated carbocycles. The fourth-order valence-corrected chi connectivity index (χ4v) is 4.08. The Morgan fingerprint density at radius 3 is 2.16 bits per heavy atom. The molecule has 1 aromatic carbocycles. The Labute approximate surface area is 185 Å². The minimum absolute atomic E-state index is 0.0915. The number of carbonyl (C=O) groups excluding carboxylic acids is 1. The zero-order valence-electron chi connectivity index (χ0n) is 16.8. The second-order valence-electron chi connectivity index (χ2n) is 6.69. The summed E-state index contributed by atoms with van der Waals surface area (Å²) >= 11 is 5.70. The molecule has 0 aliphatic rings. The number of halogens is 4. The van der Waals surface area contributed by atoms with E-state index < -0.39 is 38.5 Å². The SMILES string of the molecule is Cc1cc(C)nc(NS(=O)(=O)c2ccc(NC(=O)c3c(Cl)c(C(F)(F)F)nn3C)cc2)n1. The van der Waals surface area contributed by atoms with E-state index in [2.05, 4.69) is 25.1 Å². The molecule has 32 heavy (non-hydrogen) atoms. The van der Waals surface area contributed by atoms with E-state index in [-0.39, 0.29) is 16.5 Å². The Morgan fingerprint density at radius 1 is 1.09 bits per heavy atom. The number of benzene rings is 1. The van der Waals surface area contributed by atoms with E-state index in [0.717, 1.165) is 7.05 Å². The van der Waals surface area contributed by atoms with Crippen molar-refractivity contribution in [3.63, 3.8) is 0 Å². The van der Waals surface area contributed by atoms with Crippen LogP contribution in [0.3, 0.4) is 0 Å². The fourth-order valence-electron chi connectivity index (χ4n) is 2.78. The van der Waals surface area contributed by atoms with Crippen LogP contribution >= 0.6 is 11.6 Å². The van der Waals surface area contributed by atoms with Gasteiger partial charge >= 0.3 is 6.18 Å². The minimum atomic E-state index is -4.82. The van der Waals surface area contributed by atoms with Gasteiger partial charge in [0.1, 0.15) is 10.7 Å². The molecule has 170 valence electrons. The summed E-state index contributed by atoms with van der Waals surface area (Å²) in [6, 6.07) is 6.62. The summed E-state index contributed by atoms with van der Waals surface area (Å²) in [5, 5.41) is 4.76. The van der Waals surface area contributed by atoms with Crippen molar-refractivity contribution in [2.24, 2.45) is 7.05 Å². The van der Waals surface area contributed by atoms with Crippen molar-refractivity contribution < 1.29 is 26.4 Å². The van der Waals surface area contributed by atoms with Crippen LogP contribution in [-0.4, -0.2) is 34.1 Å². The number of aromatic nitrogens is 4. The lowest BCUT2D eigenvalue weighted by molar-refractivity contribution is -0.141. The first-order valence-electron chi connectivity index (χ1n) is 8.84. The molecule has 0 aliphatic heterocycles. The number of nitrogens with zero attached hydrogens (tertiary/aromatic N) is 4. The molecule has 2 aromatic heterocycles. The van der Waals surface area contributed by atoms with Crippen molar-refractivity contribution in [1.29, 1.82) is 0 Å². The van der Waals surface area contributed by atoms with Crippen LogP contribution in [0, 0.1) is 13.8 Å². The van der Waals surface area contributed by atoms with Gasteiger partial charge in [-0.3, -0.25) is 9.48 Å². The Morgan fingerprint density at radius 2 is 1.66 bits per heavy atom. The molecule has 14 heteroatoms. The van der Waals surface area contributed by atoms with Crippen molar-refractivity contribution in [3.8, 4) is 0 Å². The van der Waals surface area contributed by atoms with Gasteiger partial charge in [-0.15, -0.1) is 0 Å². The van der Waals surface area contributed by atoms with Gasteiger partial charge in [-0.2, -0.15) is 18.3 Å². The molecule has 2 N–H and O–H groups in total. The average Bonchev–Trinajstić information content (AvgIpc) is 2.95. The molecule has 0 spiro atoms. The van der Waals surface area contributed by atoms with Gasteiger partial charge in [-0.25, -0.2) is 23.1 Å². The first-order chi connectivity index (χ1) is 14.8. The molecule has 1 amide bonds. The molecule has 0 atom stereocenters. The van der Waals surface area contributed by atoms with E-state index in [1.165, 1.54) is 24.3 Å². The summed E-state index contributed by atoms with van der Waals surface area (Å²) in [5.74, 6) is -1.04. The lowest BCUT2D eigenvalue weighted by Gasteiger charge is -2.10. The monoisotopic (exact) mass is 488 g/mol. The minimum Gasteiger partial charge on any atom is -0.321 e. The van der Waals surface area contributed by atoms with E-state index in [1.807, 2.05) is 0 Å². The Hall–Kier alpha value is -3.19. The predicted molar refractivity (Wildman–Crippen MR) is 110 cm³/mol. The van der Waals surface area contributed by atoms with Gasteiger partial charge in [-0.1, -0.05) is 11.6 Å². The van der Waals surface area contributed by atoms with Crippen LogP contribution in [0.15, 0.2) is 35.2 Å². The van der Waals surface area contributed by atoms with Crippen LogP contribution in [0.25, 0.3) is 0 Å². The van der Waals surface area contributed by atoms with Crippen LogP contribution < -0.4 is 10.0 Å². The van der Waals surface area contributed by atoms with Crippen molar-refractivity contribution >= 4 is 39.2 Å². The van der Waals surface area contributed by atoms with Gasteiger partial charge in [-0.05, 0) is 44.2 Å².